The van der Waals surface area contributed by atoms with Crippen LogP contribution in [0.2, 0.25) is 0 Å². The van der Waals surface area contributed by atoms with Crippen LogP contribution in [0.4, 0.5) is 0 Å². The molecule has 0 saturated heterocycles. The lowest BCUT2D eigenvalue weighted by Gasteiger charge is -2.23. The molecule has 2 aromatic rings. The highest BCUT2D eigenvalue weighted by molar-refractivity contribution is 5.96. The molecule has 2 aliphatic rings. The van der Waals surface area contributed by atoms with Crippen LogP contribution in [0.1, 0.15) is 42.4 Å². The minimum absolute atomic E-state index is 0. The molecule has 0 unspecified atom stereocenters. The van der Waals surface area contributed by atoms with Gasteiger partial charge in [0.15, 0.2) is 0 Å². The molecular weight excluding hydrogens is 334 g/mol. The number of hydrogen-bond donors (Lipinski definition) is 0. The molecule has 0 amide bonds. The quantitative estimate of drug-likeness (QED) is 0.683. The zero-order chi connectivity index (χ0) is 14.4. The Morgan fingerprint density at radius 2 is 1.82 bits per heavy atom. The predicted octanol–water partition coefficient (Wildman–Crippen LogP) is 1.89. The third kappa shape index (κ3) is 2.63. The van der Waals surface area contributed by atoms with E-state index in [0.717, 1.165) is 4.48 Å². The smallest absolute Gasteiger partial charge is 0.105 e. The van der Waals surface area contributed by atoms with Gasteiger partial charge in [0.05, 0.1) is 14.1 Å². The predicted molar refractivity (Wildman–Crippen MR) is 89.9 cm³/mol. The molecule has 1 heterocycles. The average molecular weight is 358 g/mol. The van der Waals surface area contributed by atoms with Crippen molar-refractivity contribution in [3.05, 3.63) is 53.1 Å². The molecule has 0 radical (unpaired) electrons. The summed E-state index contributed by atoms with van der Waals surface area (Å²) in [6.45, 7) is 2.34. The highest BCUT2D eigenvalue weighted by Crippen LogP contribution is 2.40. The maximum absolute atomic E-state index is 2.50. The van der Waals surface area contributed by atoms with E-state index in [1.54, 1.807) is 22.3 Å². The molecule has 0 aromatic heterocycles. The van der Waals surface area contributed by atoms with Gasteiger partial charge in [-0.05, 0) is 53.7 Å². The van der Waals surface area contributed by atoms with Crippen molar-refractivity contribution in [2.75, 3.05) is 14.1 Å². The fourth-order valence-electron chi connectivity index (χ4n) is 4.15. The van der Waals surface area contributed by atoms with Crippen LogP contribution in [0, 0.1) is 0 Å². The number of quaternary nitrogens is 1. The fraction of sp³-hybridized carbons (Fsp3) is 0.400. The lowest BCUT2D eigenvalue weighted by molar-refractivity contribution is -0.910. The van der Waals surface area contributed by atoms with E-state index in [1.165, 1.54) is 49.5 Å². The van der Waals surface area contributed by atoms with Crippen molar-refractivity contribution in [3.63, 3.8) is 0 Å². The summed E-state index contributed by atoms with van der Waals surface area (Å²) in [5.41, 5.74) is 6.37. The summed E-state index contributed by atoms with van der Waals surface area (Å²) in [6.07, 6.45) is 7.73. The highest BCUT2D eigenvalue weighted by Gasteiger charge is 2.31. The zero-order valence-corrected chi connectivity index (χ0v) is 15.1. The Kier molecular flexibility index (Phi) is 4.17. The van der Waals surface area contributed by atoms with Crippen LogP contribution in [0.5, 0.6) is 0 Å². The van der Waals surface area contributed by atoms with Crippen molar-refractivity contribution in [2.45, 2.75) is 38.8 Å². The number of halogens is 1. The standard InChI is InChI=1S/C20H24N.BrH/c1-21(2)13-17-12-16-10-6-7-11-18(16)20(19(17)14-21)15-8-4-3-5-9-15;/h6-8,10-12H,3-5,9,13-14H2,1-2H3;1H/q+1;/p-1. The van der Waals surface area contributed by atoms with Gasteiger partial charge in [-0.3, -0.25) is 0 Å². The Hall–Kier alpha value is -1.12. The largest absolute Gasteiger partial charge is 1.00 e. The Bertz CT molecular complexity index is 743. The van der Waals surface area contributed by atoms with Crippen LogP contribution in [0.15, 0.2) is 36.4 Å². The summed E-state index contributed by atoms with van der Waals surface area (Å²) in [4.78, 5) is 0. The van der Waals surface area contributed by atoms with Gasteiger partial charge < -0.3 is 21.5 Å². The fourth-order valence-corrected chi connectivity index (χ4v) is 4.15. The van der Waals surface area contributed by atoms with Gasteiger partial charge in [-0.2, -0.15) is 0 Å². The number of rotatable bonds is 1. The van der Waals surface area contributed by atoms with E-state index in [1.807, 2.05) is 0 Å². The normalized spacial score (nSPS) is 19.5. The lowest BCUT2D eigenvalue weighted by atomic mass is 9.86. The van der Waals surface area contributed by atoms with Gasteiger partial charge in [-0.25, -0.2) is 0 Å². The van der Waals surface area contributed by atoms with Gasteiger partial charge in [0.25, 0.3) is 0 Å². The molecule has 2 aromatic carbocycles. The summed E-state index contributed by atoms with van der Waals surface area (Å²) in [5, 5.41) is 2.88. The molecule has 1 aliphatic heterocycles. The average Bonchev–Trinajstić information content (AvgIpc) is 2.78. The first-order valence-electron chi connectivity index (χ1n) is 8.19. The highest BCUT2D eigenvalue weighted by atomic mass is 79.9. The Morgan fingerprint density at radius 1 is 1.00 bits per heavy atom. The first-order valence-corrected chi connectivity index (χ1v) is 8.19. The first-order chi connectivity index (χ1) is 10.1. The van der Waals surface area contributed by atoms with Crippen molar-refractivity contribution in [3.8, 4) is 0 Å². The minimum Gasteiger partial charge on any atom is -1.00 e. The van der Waals surface area contributed by atoms with E-state index < -0.39 is 0 Å². The maximum atomic E-state index is 2.50. The van der Waals surface area contributed by atoms with E-state index in [-0.39, 0.29) is 17.0 Å². The number of fused-ring (bicyclic) bond motifs is 2. The SMILES string of the molecule is C[N+]1(C)Cc2cc3ccccc3c(C3=CCCCC3)c2C1.[Br-]. The van der Waals surface area contributed by atoms with Crippen LogP contribution >= 0.6 is 0 Å². The summed E-state index contributed by atoms with van der Waals surface area (Å²) in [5.74, 6) is 0. The van der Waals surface area contributed by atoms with Gasteiger partial charge in [-0.15, -0.1) is 0 Å². The van der Waals surface area contributed by atoms with E-state index in [2.05, 4.69) is 50.5 Å². The monoisotopic (exact) mass is 357 g/mol. The van der Waals surface area contributed by atoms with Crippen molar-refractivity contribution in [1.29, 1.82) is 0 Å². The van der Waals surface area contributed by atoms with Gasteiger partial charge >= 0.3 is 0 Å². The molecule has 0 atom stereocenters. The van der Waals surface area contributed by atoms with E-state index in [0.29, 0.717) is 0 Å². The molecule has 22 heavy (non-hydrogen) atoms. The second-order valence-corrected chi connectivity index (χ2v) is 7.34. The zero-order valence-electron chi connectivity index (χ0n) is 13.5. The molecule has 1 nitrogen and oxygen atoms in total. The van der Waals surface area contributed by atoms with Gasteiger partial charge in [0, 0.05) is 11.1 Å². The van der Waals surface area contributed by atoms with E-state index in [4.69, 9.17) is 0 Å². The Balaban J connectivity index is 0.00000144. The second kappa shape index (κ2) is 5.82. The summed E-state index contributed by atoms with van der Waals surface area (Å²) >= 11 is 0. The molecule has 2 heteroatoms. The molecule has 116 valence electrons. The van der Waals surface area contributed by atoms with Gasteiger partial charge in [0.2, 0.25) is 0 Å². The van der Waals surface area contributed by atoms with E-state index in [9.17, 15) is 0 Å². The van der Waals surface area contributed by atoms with Crippen LogP contribution in [-0.2, 0) is 13.1 Å². The lowest BCUT2D eigenvalue weighted by Crippen LogP contribution is -3.00. The molecule has 1 aliphatic carbocycles. The van der Waals surface area contributed by atoms with Crippen molar-refractivity contribution < 1.29 is 21.5 Å². The topological polar surface area (TPSA) is 0 Å². The van der Waals surface area contributed by atoms with Crippen LogP contribution in [0.25, 0.3) is 16.3 Å². The summed E-state index contributed by atoms with van der Waals surface area (Å²) < 4.78 is 1.09. The number of benzene rings is 2. The number of hydrogen-bond acceptors (Lipinski definition) is 0. The van der Waals surface area contributed by atoms with Crippen molar-refractivity contribution in [2.24, 2.45) is 0 Å². The van der Waals surface area contributed by atoms with Gasteiger partial charge in [-0.1, -0.05) is 30.3 Å². The second-order valence-electron chi connectivity index (χ2n) is 7.34. The molecule has 0 bridgehead atoms. The molecule has 0 fully saturated rings. The summed E-state index contributed by atoms with van der Waals surface area (Å²) in [7, 11) is 4.70. The molecule has 0 saturated carbocycles. The third-order valence-corrected chi connectivity index (χ3v) is 5.05. The third-order valence-electron chi connectivity index (χ3n) is 5.05. The van der Waals surface area contributed by atoms with Gasteiger partial charge in [0.1, 0.15) is 13.1 Å². The minimum atomic E-state index is 0. The van der Waals surface area contributed by atoms with E-state index >= 15 is 0 Å². The number of allylic oxidation sites excluding steroid dienone is 2. The van der Waals surface area contributed by atoms with Crippen LogP contribution < -0.4 is 17.0 Å². The molecule has 4 rings (SSSR count). The molecule has 0 N–H and O–H groups in total. The Labute approximate surface area is 144 Å². The summed E-state index contributed by atoms with van der Waals surface area (Å²) in [6, 6.07) is 11.4. The Morgan fingerprint density at radius 3 is 2.59 bits per heavy atom. The van der Waals surface area contributed by atoms with Crippen molar-refractivity contribution >= 4 is 16.3 Å². The maximum Gasteiger partial charge on any atom is 0.105 e. The first kappa shape index (κ1) is 15.8. The molecule has 0 spiro atoms. The van der Waals surface area contributed by atoms with Crippen LogP contribution in [-0.4, -0.2) is 18.6 Å². The van der Waals surface area contributed by atoms with Crippen LogP contribution in [0.3, 0.4) is 0 Å². The van der Waals surface area contributed by atoms with Crippen molar-refractivity contribution in [1.82, 2.24) is 0 Å². The number of nitrogens with zero attached hydrogens (tertiary/aromatic N) is 1. The molecular formula is C20H24BrN.